The van der Waals surface area contributed by atoms with Gasteiger partial charge in [0.2, 0.25) is 10.0 Å². The molecule has 6 heteroatoms. The highest BCUT2D eigenvalue weighted by Gasteiger charge is 2.36. The van der Waals surface area contributed by atoms with Crippen molar-refractivity contribution in [2.75, 3.05) is 26.5 Å². The van der Waals surface area contributed by atoms with E-state index in [0.717, 1.165) is 24.0 Å². The van der Waals surface area contributed by atoms with Gasteiger partial charge < -0.3 is 9.47 Å². The maximum absolute atomic E-state index is 12.9. The first kappa shape index (κ1) is 20.0. The molecular formula is C19H31NO4S. The van der Waals surface area contributed by atoms with Crippen molar-refractivity contribution in [1.82, 2.24) is 4.31 Å². The molecule has 1 aromatic carbocycles. The van der Waals surface area contributed by atoms with E-state index in [2.05, 4.69) is 13.8 Å². The van der Waals surface area contributed by atoms with Gasteiger partial charge in [-0.1, -0.05) is 27.2 Å². The van der Waals surface area contributed by atoms with Crippen molar-refractivity contribution in [3.8, 4) is 11.5 Å². The summed E-state index contributed by atoms with van der Waals surface area (Å²) in [6.07, 6.45) is 3.08. The molecule has 0 radical (unpaired) electrons. The summed E-state index contributed by atoms with van der Waals surface area (Å²) in [5.74, 6) is 1.98. The molecule has 25 heavy (non-hydrogen) atoms. The topological polar surface area (TPSA) is 55.8 Å². The summed E-state index contributed by atoms with van der Waals surface area (Å²) in [4.78, 5) is 0. The first-order chi connectivity index (χ1) is 11.8. The molecule has 142 valence electrons. The Hall–Kier alpha value is -1.27. The second kappa shape index (κ2) is 8.41. The van der Waals surface area contributed by atoms with Crippen LogP contribution in [-0.4, -0.2) is 39.2 Å². The third-order valence-electron chi connectivity index (χ3n) is 4.76. The molecule has 0 saturated heterocycles. The normalized spacial score (nSPS) is 18.2. The smallest absolute Gasteiger partial charge is 0.214 e. The van der Waals surface area contributed by atoms with Crippen LogP contribution in [-0.2, 0) is 16.4 Å². The monoisotopic (exact) mass is 369 g/mol. The molecule has 0 fully saturated rings. The van der Waals surface area contributed by atoms with Crippen molar-refractivity contribution in [3.63, 3.8) is 0 Å². The Morgan fingerprint density at radius 3 is 2.40 bits per heavy atom. The molecule has 0 N–H and O–H groups in total. The lowest BCUT2D eigenvalue weighted by Crippen LogP contribution is -2.41. The van der Waals surface area contributed by atoms with Crippen molar-refractivity contribution >= 4 is 10.0 Å². The minimum atomic E-state index is -3.26. The predicted molar refractivity (Wildman–Crippen MR) is 101 cm³/mol. The zero-order chi connectivity index (χ0) is 18.6. The molecule has 0 aliphatic carbocycles. The Morgan fingerprint density at radius 2 is 1.84 bits per heavy atom. The molecule has 1 aliphatic heterocycles. The van der Waals surface area contributed by atoms with Crippen LogP contribution in [0.3, 0.4) is 0 Å². The Balaban J connectivity index is 2.47. The fraction of sp³-hybridized carbons (Fsp3) is 0.684. The molecule has 0 aromatic heterocycles. The van der Waals surface area contributed by atoms with Gasteiger partial charge in [0.15, 0.2) is 11.5 Å². The molecule has 0 bridgehead atoms. The highest BCUT2D eigenvalue weighted by atomic mass is 32.2. The van der Waals surface area contributed by atoms with E-state index in [1.54, 1.807) is 18.5 Å². The van der Waals surface area contributed by atoms with Gasteiger partial charge in [0.05, 0.1) is 26.0 Å². The van der Waals surface area contributed by atoms with Crippen molar-refractivity contribution in [2.45, 2.75) is 52.5 Å². The number of benzene rings is 1. The van der Waals surface area contributed by atoms with Crippen LogP contribution in [0.15, 0.2) is 12.1 Å². The third-order valence-corrected chi connectivity index (χ3v) is 6.72. The molecule has 0 amide bonds. The van der Waals surface area contributed by atoms with E-state index in [9.17, 15) is 8.42 Å². The van der Waals surface area contributed by atoms with Crippen LogP contribution < -0.4 is 9.47 Å². The number of hydrogen-bond donors (Lipinski definition) is 0. The van der Waals surface area contributed by atoms with E-state index < -0.39 is 10.0 Å². The number of unbranched alkanes of at least 4 members (excludes halogenated alkanes) is 1. The summed E-state index contributed by atoms with van der Waals surface area (Å²) in [7, 11) is -0.0204. The molecule has 0 spiro atoms. The molecule has 1 aromatic rings. The average Bonchev–Trinajstić information content (AvgIpc) is 2.58. The predicted octanol–water partition coefficient (Wildman–Crippen LogP) is 3.78. The van der Waals surface area contributed by atoms with Gasteiger partial charge in [0.1, 0.15) is 0 Å². The lowest BCUT2D eigenvalue weighted by Gasteiger charge is -2.37. The van der Waals surface area contributed by atoms with E-state index >= 15 is 0 Å². The Labute approximate surface area is 152 Å². The maximum atomic E-state index is 12.9. The van der Waals surface area contributed by atoms with Gasteiger partial charge in [0.25, 0.3) is 0 Å². The number of fused-ring (bicyclic) bond motifs is 1. The molecule has 1 unspecified atom stereocenters. The second-order valence-electron chi connectivity index (χ2n) is 7.08. The summed E-state index contributed by atoms with van der Waals surface area (Å²) in [5.41, 5.74) is 2.21. The van der Waals surface area contributed by atoms with Gasteiger partial charge in [-0.2, -0.15) is 4.31 Å². The van der Waals surface area contributed by atoms with Gasteiger partial charge in [0, 0.05) is 6.54 Å². The highest BCUT2D eigenvalue weighted by molar-refractivity contribution is 7.89. The fourth-order valence-corrected chi connectivity index (χ4v) is 5.32. The lowest BCUT2D eigenvalue weighted by atomic mass is 9.89. The van der Waals surface area contributed by atoms with Crippen molar-refractivity contribution in [1.29, 1.82) is 0 Å². The first-order valence-electron chi connectivity index (χ1n) is 9.08. The van der Waals surface area contributed by atoms with E-state index in [4.69, 9.17) is 9.47 Å². The number of rotatable bonds is 8. The van der Waals surface area contributed by atoms with Gasteiger partial charge in [-0.3, -0.25) is 0 Å². The molecule has 2 rings (SSSR count). The van der Waals surface area contributed by atoms with Crippen LogP contribution >= 0.6 is 0 Å². The van der Waals surface area contributed by atoms with Crippen LogP contribution in [0.5, 0.6) is 11.5 Å². The third kappa shape index (κ3) is 4.47. The van der Waals surface area contributed by atoms with E-state index in [0.29, 0.717) is 36.8 Å². The standard InChI is InChI=1S/C19H31NO4S/c1-6-7-10-25(21,22)20-9-8-15-12-18(23-4)19(24-5)13-16(15)17(20)11-14(2)3/h12-14,17H,6-11H2,1-5H3. The summed E-state index contributed by atoms with van der Waals surface area (Å²) >= 11 is 0. The summed E-state index contributed by atoms with van der Waals surface area (Å²) in [6, 6.07) is 3.82. The SMILES string of the molecule is CCCCS(=O)(=O)N1CCc2cc(OC)c(OC)cc2C1CC(C)C. The van der Waals surface area contributed by atoms with Gasteiger partial charge in [-0.25, -0.2) is 8.42 Å². The number of hydrogen-bond acceptors (Lipinski definition) is 4. The molecule has 5 nitrogen and oxygen atoms in total. The largest absolute Gasteiger partial charge is 0.493 e. The number of sulfonamides is 1. The summed E-state index contributed by atoms with van der Waals surface area (Å²) in [5, 5.41) is 0. The van der Waals surface area contributed by atoms with Crippen LogP contribution in [0.4, 0.5) is 0 Å². The first-order valence-corrected chi connectivity index (χ1v) is 10.7. The average molecular weight is 370 g/mol. The van der Waals surface area contributed by atoms with Crippen LogP contribution in [0.25, 0.3) is 0 Å². The zero-order valence-electron chi connectivity index (χ0n) is 16.0. The molecule has 1 atom stereocenters. The van der Waals surface area contributed by atoms with E-state index in [-0.39, 0.29) is 11.8 Å². The Kier molecular flexibility index (Phi) is 6.74. The maximum Gasteiger partial charge on any atom is 0.214 e. The van der Waals surface area contributed by atoms with E-state index in [1.165, 1.54) is 0 Å². The quantitative estimate of drug-likeness (QED) is 0.700. The van der Waals surface area contributed by atoms with Gasteiger partial charge in [-0.05, 0) is 48.4 Å². The van der Waals surface area contributed by atoms with Crippen molar-refractivity contribution in [2.24, 2.45) is 5.92 Å². The number of methoxy groups -OCH3 is 2. The highest BCUT2D eigenvalue weighted by Crippen LogP contribution is 2.41. The fourth-order valence-electron chi connectivity index (χ4n) is 3.47. The molecule has 1 heterocycles. The summed E-state index contributed by atoms with van der Waals surface area (Å²) in [6.45, 7) is 6.81. The van der Waals surface area contributed by atoms with Crippen LogP contribution in [0.2, 0.25) is 0 Å². The minimum absolute atomic E-state index is 0.134. The zero-order valence-corrected chi connectivity index (χ0v) is 16.9. The van der Waals surface area contributed by atoms with Gasteiger partial charge >= 0.3 is 0 Å². The minimum Gasteiger partial charge on any atom is -0.493 e. The number of nitrogens with zero attached hydrogens (tertiary/aromatic N) is 1. The Morgan fingerprint density at radius 1 is 1.20 bits per heavy atom. The molecule has 1 aliphatic rings. The van der Waals surface area contributed by atoms with Crippen LogP contribution in [0.1, 0.15) is 57.2 Å². The second-order valence-corrected chi connectivity index (χ2v) is 9.12. The van der Waals surface area contributed by atoms with Crippen LogP contribution in [0, 0.1) is 5.92 Å². The van der Waals surface area contributed by atoms with Crippen molar-refractivity contribution in [3.05, 3.63) is 23.3 Å². The molecule has 0 saturated carbocycles. The lowest BCUT2D eigenvalue weighted by molar-refractivity contribution is 0.267. The summed E-state index contributed by atoms with van der Waals surface area (Å²) < 4.78 is 38.4. The van der Waals surface area contributed by atoms with E-state index in [1.807, 2.05) is 19.1 Å². The number of ether oxygens (including phenoxy) is 2. The Bertz CT molecular complexity index is 685. The molecular weight excluding hydrogens is 338 g/mol. The van der Waals surface area contributed by atoms with Crippen molar-refractivity contribution < 1.29 is 17.9 Å². The van der Waals surface area contributed by atoms with Gasteiger partial charge in [-0.15, -0.1) is 0 Å².